The van der Waals surface area contributed by atoms with Gasteiger partial charge in [-0.2, -0.15) is 26.3 Å². The Hall–Kier alpha value is -0.420. The second kappa shape index (κ2) is 3.53. The molecule has 0 aromatic carbocycles. The number of alkyl halides is 6. The van der Waals surface area contributed by atoms with E-state index >= 15 is 0 Å². The van der Waals surface area contributed by atoms with Crippen molar-refractivity contribution in [1.29, 1.82) is 0 Å². The van der Waals surface area contributed by atoms with Gasteiger partial charge in [0.15, 0.2) is 5.41 Å². The molecule has 0 heterocycles. The van der Waals surface area contributed by atoms with Crippen molar-refractivity contribution in [2.45, 2.75) is 51.9 Å². The molecular formula is C10H14F6. The first kappa shape index (κ1) is 13.6. The van der Waals surface area contributed by atoms with Gasteiger partial charge < -0.3 is 0 Å². The van der Waals surface area contributed by atoms with Crippen LogP contribution in [-0.2, 0) is 0 Å². The van der Waals surface area contributed by atoms with E-state index in [0.29, 0.717) is 6.42 Å². The lowest BCUT2D eigenvalue weighted by Crippen LogP contribution is -2.60. The molecule has 0 aromatic rings. The molecule has 0 aromatic heterocycles. The van der Waals surface area contributed by atoms with E-state index in [2.05, 4.69) is 0 Å². The summed E-state index contributed by atoms with van der Waals surface area (Å²) in [4.78, 5) is 0. The SMILES string of the molecule is CC1(C)CCCCC1(C(F)(F)F)C(F)(F)F. The van der Waals surface area contributed by atoms with Gasteiger partial charge in [-0.1, -0.05) is 26.7 Å². The van der Waals surface area contributed by atoms with Crippen molar-refractivity contribution in [2.24, 2.45) is 10.8 Å². The lowest BCUT2D eigenvalue weighted by molar-refractivity contribution is -0.382. The molecule has 0 bridgehead atoms. The number of halogens is 6. The third-order valence-corrected chi connectivity index (χ3v) is 3.73. The van der Waals surface area contributed by atoms with Gasteiger partial charge in [0, 0.05) is 0 Å². The van der Waals surface area contributed by atoms with Crippen molar-refractivity contribution in [1.82, 2.24) is 0 Å². The van der Waals surface area contributed by atoms with E-state index in [1.54, 1.807) is 0 Å². The maximum absolute atomic E-state index is 12.9. The first-order valence-corrected chi connectivity index (χ1v) is 5.09. The Kier molecular flexibility index (Phi) is 3.01. The summed E-state index contributed by atoms with van der Waals surface area (Å²) < 4.78 is 77.2. The molecule has 0 atom stereocenters. The Bertz CT molecular complexity index is 245. The highest BCUT2D eigenvalue weighted by Crippen LogP contribution is 2.65. The monoisotopic (exact) mass is 248 g/mol. The molecule has 96 valence electrons. The van der Waals surface area contributed by atoms with E-state index in [4.69, 9.17) is 0 Å². The molecule has 1 aliphatic carbocycles. The predicted octanol–water partition coefficient (Wildman–Crippen LogP) is 4.70. The zero-order valence-electron chi connectivity index (χ0n) is 9.10. The summed E-state index contributed by atoms with van der Waals surface area (Å²) in [6.45, 7) is 2.13. The van der Waals surface area contributed by atoms with E-state index in [1.165, 1.54) is 0 Å². The molecule has 0 aliphatic heterocycles. The zero-order chi connectivity index (χ0) is 12.8. The second-order valence-electron chi connectivity index (χ2n) is 4.99. The van der Waals surface area contributed by atoms with Gasteiger partial charge in [-0.3, -0.25) is 0 Å². The van der Waals surface area contributed by atoms with Gasteiger partial charge >= 0.3 is 12.4 Å². The maximum atomic E-state index is 12.9. The Balaban J connectivity index is 3.34. The lowest BCUT2D eigenvalue weighted by Gasteiger charge is -2.51. The molecule has 6 heteroatoms. The second-order valence-corrected chi connectivity index (χ2v) is 4.99. The first-order valence-electron chi connectivity index (χ1n) is 5.09. The highest BCUT2D eigenvalue weighted by atomic mass is 19.4. The third-order valence-electron chi connectivity index (χ3n) is 3.73. The third kappa shape index (κ3) is 1.70. The summed E-state index contributed by atoms with van der Waals surface area (Å²) in [7, 11) is 0. The van der Waals surface area contributed by atoms with Crippen molar-refractivity contribution in [2.75, 3.05) is 0 Å². The van der Waals surface area contributed by atoms with Crippen LogP contribution in [0.15, 0.2) is 0 Å². The summed E-state index contributed by atoms with van der Waals surface area (Å²) in [5.41, 5.74) is -5.34. The zero-order valence-corrected chi connectivity index (χ0v) is 9.10. The molecule has 0 spiro atoms. The van der Waals surface area contributed by atoms with Crippen molar-refractivity contribution in [3.63, 3.8) is 0 Å². The number of rotatable bonds is 0. The maximum Gasteiger partial charge on any atom is 0.403 e. The molecule has 0 unspecified atom stereocenters. The minimum Gasteiger partial charge on any atom is -0.170 e. The Labute approximate surface area is 90.0 Å². The molecule has 1 rings (SSSR count). The van der Waals surface area contributed by atoms with Crippen molar-refractivity contribution in [3.05, 3.63) is 0 Å². The minimum absolute atomic E-state index is 0.0253. The first-order chi connectivity index (χ1) is 6.96. The van der Waals surface area contributed by atoms with E-state index in [-0.39, 0.29) is 12.8 Å². The molecule has 1 saturated carbocycles. The highest BCUT2D eigenvalue weighted by Gasteiger charge is 2.76. The van der Waals surface area contributed by atoms with Crippen LogP contribution in [0.3, 0.4) is 0 Å². The van der Waals surface area contributed by atoms with E-state index < -0.39 is 29.6 Å². The van der Waals surface area contributed by atoms with E-state index in [1.807, 2.05) is 0 Å². The van der Waals surface area contributed by atoms with Crippen LogP contribution in [0.2, 0.25) is 0 Å². The van der Waals surface area contributed by atoms with Crippen molar-refractivity contribution < 1.29 is 26.3 Å². The van der Waals surface area contributed by atoms with Crippen LogP contribution < -0.4 is 0 Å². The van der Waals surface area contributed by atoms with Crippen LogP contribution in [0.5, 0.6) is 0 Å². The van der Waals surface area contributed by atoms with Crippen molar-refractivity contribution in [3.8, 4) is 0 Å². The quantitative estimate of drug-likeness (QED) is 0.545. The fourth-order valence-corrected chi connectivity index (χ4v) is 2.72. The smallest absolute Gasteiger partial charge is 0.170 e. The summed E-state index contributed by atoms with van der Waals surface area (Å²) in [6, 6.07) is 0. The number of hydrogen-bond donors (Lipinski definition) is 0. The van der Waals surface area contributed by atoms with Crippen LogP contribution in [-0.4, -0.2) is 12.4 Å². The number of hydrogen-bond acceptors (Lipinski definition) is 0. The fourth-order valence-electron chi connectivity index (χ4n) is 2.72. The normalized spacial score (nSPS) is 25.5. The van der Waals surface area contributed by atoms with E-state index in [9.17, 15) is 26.3 Å². The summed E-state index contributed by atoms with van der Waals surface area (Å²) in [5, 5.41) is 0. The summed E-state index contributed by atoms with van der Waals surface area (Å²) in [6.07, 6.45) is -11.0. The average molecular weight is 248 g/mol. The lowest BCUT2D eigenvalue weighted by atomic mass is 9.56. The van der Waals surface area contributed by atoms with Crippen LogP contribution in [0.4, 0.5) is 26.3 Å². The Morgan fingerprint density at radius 2 is 1.12 bits per heavy atom. The van der Waals surface area contributed by atoms with Crippen LogP contribution in [0, 0.1) is 10.8 Å². The van der Waals surface area contributed by atoms with Crippen LogP contribution in [0.25, 0.3) is 0 Å². The molecule has 1 aliphatic rings. The summed E-state index contributed by atoms with van der Waals surface area (Å²) >= 11 is 0. The van der Waals surface area contributed by atoms with Crippen LogP contribution >= 0.6 is 0 Å². The van der Waals surface area contributed by atoms with Crippen LogP contribution in [0.1, 0.15) is 39.5 Å². The Morgan fingerprint density at radius 1 is 0.750 bits per heavy atom. The average Bonchev–Trinajstić information content (AvgIpc) is 1.97. The molecule has 0 N–H and O–H groups in total. The molecule has 1 fully saturated rings. The van der Waals surface area contributed by atoms with Gasteiger partial charge in [-0.05, 0) is 18.3 Å². The molecular weight excluding hydrogens is 234 g/mol. The topological polar surface area (TPSA) is 0 Å². The highest BCUT2D eigenvalue weighted by molar-refractivity contribution is 5.05. The molecule has 0 nitrogen and oxygen atoms in total. The fraction of sp³-hybridized carbons (Fsp3) is 1.00. The molecule has 0 radical (unpaired) electrons. The molecule has 16 heavy (non-hydrogen) atoms. The summed E-state index contributed by atoms with van der Waals surface area (Å²) in [5.74, 6) is 0. The Morgan fingerprint density at radius 3 is 1.38 bits per heavy atom. The molecule has 0 amide bonds. The van der Waals surface area contributed by atoms with E-state index in [0.717, 1.165) is 13.8 Å². The molecule has 0 saturated heterocycles. The van der Waals surface area contributed by atoms with Gasteiger partial charge in [0.1, 0.15) is 0 Å². The van der Waals surface area contributed by atoms with Gasteiger partial charge in [-0.15, -0.1) is 0 Å². The predicted molar refractivity (Wildman–Crippen MR) is 46.8 cm³/mol. The van der Waals surface area contributed by atoms with Gasteiger partial charge in [-0.25, -0.2) is 0 Å². The minimum atomic E-state index is -5.24. The van der Waals surface area contributed by atoms with Gasteiger partial charge in [0.2, 0.25) is 0 Å². The largest absolute Gasteiger partial charge is 0.403 e. The van der Waals surface area contributed by atoms with Gasteiger partial charge in [0.05, 0.1) is 0 Å². The standard InChI is InChI=1S/C10H14F6/c1-7(2)5-3-4-6-8(7,9(11,12)13)10(14,15)16/h3-6H2,1-2H3. The van der Waals surface area contributed by atoms with Gasteiger partial charge in [0.25, 0.3) is 0 Å². The van der Waals surface area contributed by atoms with Crippen molar-refractivity contribution >= 4 is 0 Å².